The standard InChI is InChI=1S/C24H26N2O3/c1-3-23(28)26-12-11-19-22(15-27)25-21-10-9-17(14-20(21)24(19)26)8-7-16-5-4-6-18(13-16)29-2/h4-6,9-10,13-14,19,22,24-25,27H,3,11-12,15H2,1-2H3/t19-,22+,24-/m1/s1. The van der Waals surface area contributed by atoms with E-state index in [1.807, 2.05) is 48.2 Å². The van der Waals surface area contributed by atoms with Crippen molar-refractivity contribution in [3.8, 4) is 17.6 Å². The fourth-order valence-corrected chi connectivity index (χ4v) is 4.47. The lowest BCUT2D eigenvalue weighted by Gasteiger charge is -2.39. The van der Waals surface area contributed by atoms with Crippen LogP contribution < -0.4 is 10.1 Å². The van der Waals surface area contributed by atoms with Gasteiger partial charge in [-0.3, -0.25) is 4.79 Å². The number of nitrogens with zero attached hydrogens (tertiary/aromatic N) is 1. The van der Waals surface area contributed by atoms with Crippen molar-refractivity contribution in [1.82, 2.24) is 4.90 Å². The molecule has 1 amide bonds. The Balaban J connectivity index is 1.69. The number of carbonyl (C=O) groups excluding carboxylic acids is 1. The average molecular weight is 390 g/mol. The van der Waals surface area contributed by atoms with Gasteiger partial charge in [0.15, 0.2) is 0 Å². The zero-order valence-corrected chi connectivity index (χ0v) is 16.8. The van der Waals surface area contributed by atoms with E-state index < -0.39 is 0 Å². The number of carbonyl (C=O) groups is 1. The Kier molecular flexibility index (Phi) is 5.46. The van der Waals surface area contributed by atoms with Crippen LogP contribution in [0.2, 0.25) is 0 Å². The first-order valence-corrected chi connectivity index (χ1v) is 10.1. The van der Waals surface area contributed by atoms with Gasteiger partial charge in [0.1, 0.15) is 5.75 Å². The van der Waals surface area contributed by atoms with Crippen LogP contribution in [0.1, 0.15) is 42.5 Å². The zero-order valence-electron chi connectivity index (χ0n) is 16.8. The Morgan fingerprint density at radius 3 is 2.76 bits per heavy atom. The molecule has 1 saturated heterocycles. The second-order valence-corrected chi connectivity index (χ2v) is 7.56. The molecule has 0 spiro atoms. The lowest BCUT2D eigenvalue weighted by molar-refractivity contribution is -0.132. The Bertz CT molecular complexity index is 976. The van der Waals surface area contributed by atoms with Crippen LogP contribution >= 0.6 is 0 Å². The number of amides is 1. The predicted octanol–water partition coefficient (Wildman–Crippen LogP) is 3.18. The van der Waals surface area contributed by atoms with Crippen LogP contribution in [0, 0.1) is 17.8 Å². The monoisotopic (exact) mass is 390 g/mol. The van der Waals surface area contributed by atoms with Gasteiger partial charge >= 0.3 is 0 Å². The summed E-state index contributed by atoms with van der Waals surface area (Å²) in [6.45, 7) is 2.70. The highest BCUT2D eigenvalue weighted by molar-refractivity contribution is 5.77. The molecule has 0 aliphatic carbocycles. The summed E-state index contributed by atoms with van der Waals surface area (Å²) in [6.07, 6.45) is 1.39. The van der Waals surface area contributed by atoms with Crippen LogP contribution in [0.15, 0.2) is 42.5 Å². The Morgan fingerprint density at radius 1 is 1.24 bits per heavy atom. The van der Waals surface area contributed by atoms with E-state index in [0.29, 0.717) is 6.42 Å². The maximum absolute atomic E-state index is 12.5. The maximum Gasteiger partial charge on any atom is 0.222 e. The van der Waals surface area contributed by atoms with Gasteiger partial charge in [-0.1, -0.05) is 24.8 Å². The maximum atomic E-state index is 12.5. The van der Waals surface area contributed by atoms with E-state index in [0.717, 1.165) is 41.1 Å². The first kappa shape index (κ1) is 19.4. The van der Waals surface area contributed by atoms with Crippen LogP contribution in [0.25, 0.3) is 0 Å². The molecule has 3 atom stereocenters. The van der Waals surface area contributed by atoms with Gasteiger partial charge in [0, 0.05) is 35.7 Å². The summed E-state index contributed by atoms with van der Waals surface area (Å²) in [5.74, 6) is 7.59. The van der Waals surface area contributed by atoms with Crippen LogP contribution in [0.4, 0.5) is 5.69 Å². The van der Waals surface area contributed by atoms with Gasteiger partial charge in [0.05, 0.1) is 25.8 Å². The molecule has 0 aromatic heterocycles. The second-order valence-electron chi connectivity index (χ2n) is 7.56. The third kappa shape index (κ3) is 3.68. The van der Waals surface area contributed by atoms with Crippen molar-refractivity contribution in [2.75, 3.05) is 25.6 Å². The third-order valence-corrected chi connectivity index (χ3v) is 5.91. The summed E-state index contributed by atoms with van der Waals surface area (Å²) in [4.78, 5) is 14.5. The molecule has 2 aromatic rings. The van der Waals surface area contributed by atoms with E-state index in [4.69, 9.17) is 4.74 Å². The normalized spacial score (nSPS) is 22.0. The number of nitrogens with one attached hydrogen (secondary N) is 1. The van der Waals surface area contributed by atoms with E-state index in [2.05, 4.69) is 23.2 Å². The molecule has 1 fully saturated rings. The van der Waals surface area contributed by atoms with Crippen molar-refractivity contribution < 1.29 is 14.6 Å². The van der Waals surface area contributed by atoms with E-state index in [-0.39, 0.29) is 30.5 Å². The first-order chi connectivity index (χ1) is 14.1. The summed E-state index contributed by atoms with van der Waals surface area (Å²) in [6, 6.07) is 13.7. The molecule has 5 nitrogen and oxygen atoms in total. The Morgan fingerprint density at radius 2 is 2.03 bits per heavy atom. The number of methoxy groups -OCH3 is 1. The van der Waals surface area contributed by atoms with E-state index in [1.165, 1.54) is 0 Å². The zero-order chi connectivity index (χ0) is 20.4. The van der Waals surface area contributed by atoms with Gasteiger partial charge in [0.2, 0.25) is 5.91 Å². The fourth-order valence-electron chi connectivity index (χ4n) is 4.47. The molecule has 0 radical (unpaired) electrons. The minimum atomic E-state index is -0.0316. The van der Waals surface area contributed by atoms with E-state index >= 15 is 0 Å². The van der Waals surface area contributed by atoms with Crippen LogP contribution in [0.3, 0.4) is 0 Å². The predicted molar refractivity (Wildman–Crippen MR) is 113 cm³/mol. The molecule has 0 bridgehead atoms. The molecule has 0 unspecified atom stereocenters. The number of anilines is 1. The van der Waals surface area contributed by atoms with Crippen molar-refractivity contribution >= 4 is 11.6 Å². The molecule has 0 saturated carbocycles. The number of hydrogen-bond acceptors (Lipinski definition) is 4. The summed E-state index contributed by atoms with van der Waals surface area (Å²) in [5.41, 5.74) is 3.87. The number of benzene rings is 2. The summed E-state index contributed by atoms with van der Waals surface area (Å²) >= 11 is 0. The molecular formula is C24H26N2O3. The molecular weight excluding hydrogens is 364 g/mol. The van der Waals surface area contributed by atoms with E-state index in [9.17, 15) is 9.90 Å². The average Bonchev–Trinajstić information content (AvgIpc) is 3.22. The number of hydrogen-bond donors (Lipinski definition) is 2. The van der Waals surface area contributed by atoms with Gasteiger partial charge in [-0.2, -0.15) is 0 Å². The molecule has 2 aliphatic rings. The largest absolute Gasteiger partial charge is 0.497 e. The molecule has 2 aromatic carbocycles. The molecule has 4 rings (SSSR count). The molecule has 29 heavy (non-hydrogen) atoms. The molecule has 5 heteroatoms. The van der Waals surface area contributed by atoms with Crippen LogP contribution in [-0.4, -0.2) is 42.2 Å². The highest BCUT2D eigenvalue weighted by atomic mass is 16.5. The van der Waals surface area contributed by atoms with Gasteiger partial charge in [0.25, 0.3) is 0 Å². The molecule has 2 heterocycles. The van der Waals surface area contributed by atoms with Gasteiger partial charge in [-0.15, -0.1) is 0 Å². The number of likely N-dealkylation sites (tertiary alicyclic amines) is 1. The van der Waals surface area contributed by atoms with Crippen molar-refractivity contribution in [2.24, 2.45) is 5.92 Å². The van der Waals surface area contributed by atoms with Crippen molar-refractivity contribution in [1.29, 1.82) is 0 Å². The molecule has 150 valence electrons. The lowest BCUT2D eigenvalue weighted by atomic mass is 9.82. The highest BCUT2D eigenvalue weighted by Gasteiger charge is 2.45. The van der Waals surface area contributed by atoms with Crippen molar-refractivity contribution in [3.63, 3.8) is 0 Å². The highest BCUT2D eigenvalue weighted by Crippen LogP contribution is 2.46. The number of ether oxygens (including phenoxy) is 1. The smallest absolute Gasteiger partial charge is 0.222 e. The number of rotatable bonds is 3. The van der Waals surface area contributed by atoms with Crippen molar-refractivity contribution in [2.45, 2.75) is 31.8 Å². The van der Waals surface area contributed by atoms with Gasteiger partial charge < -0.3 is 20.1 Å². The number of aliphatic hydroxyl groups is 1. The minimum Gasteiger partial charge on any atom is -0.497 e. The fraction of sp³-hybridized carbons (Fsp3) is 0.375. The SMILES string of the molecule is CCC(=O)N1CC[C@@H]2[C@H](CO)Nc3ccc(C#Cc4cccc(OC)c4)cc3[C@@H]21. The quantitative estimate of drug-likeness (QED) is 0.791. The number of aliphatic hydroxyl groups excluding tert-OH is 1. The lowest BCUT2D eigenvalue weighted by Crippen LogP contribution is -2.42. The first-order valence-electron chi connectivity index (χ1n) is 10.1. The summed E-state index contributed by atoms with van der Waals surface area (Å²) in [5, 5.41) is 13.3. The summed E-state index contributed by atoms with van der Waals surface area (Å²) < 4.78 is 5.26. The Hall–Kier alpha value is -2.97. The molecule has 2 N–H and O–H groups in total. The van der Waals surface area contributed by atoms with Crippen molar-refractivity contribution in [3.05, 3.63) is 59.2 Å². The number of fused-ring (bicyclic) bond motifs is 3. The van der Waals surface area contributed by atoms with E-state index in [1.54, 1.807) is 7.11 Å². The minimum absolute atomic E-state index is 0.00517. The molecule has 2 aliphatic heterocycles. The van der Waals surface area contributed by atoms with Gasteiger partial charge in [-0.05, 0) is 48.4 Å². The topological polar surface area (TPSA) is 61.8 Å². The van der Waals surface area contributed by atoms with Crippen LogP contribution in [0.5, 0.6) is 5.75 Å². The van der Waals surface area contributed by atoms with Crippen LogP contribution in [-0.2, 0) is 4.79 Å². The Labute approximate surface area is 171 Å². The van der Waals surface area contributed by atoms with Gasteiger partial charge in [-0.25, -0.2) is 0 Å². The third-order valence-electron chi connectivity index (χ3n) is 5.91. The summed E-state index contributed by atoms with van der Waals surface area (Å²) in [7, 11) is 1.64. The second kappa shape index (κ2) is 8.18.